The van der Waals surface area contributed by atoms with Crippen LogP contribution in [0.4, 0.5) is 0 Å². The zero-order chi connectivity index (χ0) is 16.8. The fraction of sp³-hybridized carbons (Fsp3) is 0.882. The lowest BCUT2D eigenvalue weighted by atomic mass is 9.99. The van der Waals surface area contributed by atoms with Gasteiger partial charge in [-0.2, -0.15) is 0 Å². The number of carbonyl (C=O) groups excluding carboxylic acids is 2. The number of esters is 1. The van der Waals surface area contributed by atoms with Gasteiger partial charge in [0, 0.05) is 6.61 Å². The van der Waals surface area contributed by atoms with Crippen molar-refractivity contribution >= 4 is 11.9 Å². The highest BCUT2D eigenvalue weighted by Crippen LogP contribution is 2.29. The number of hydrogen-bond acceptors (Lipinski definition) is 5. The Kier molecular flexibility index (Phi) is 6.84. The van der Waals surface area contributed by atoms with Crippen LogP contribution in [0.5, 0.6) is 0 Å². The number of ether oxygens (including phenoxy) is 3. The Morgan fingerprint density at radius 2 is 2.00 bits per heavy atom. The van der Waals surface area contributed by atoms with Crippen LogP contribution in [-0.2, 0) is 23.8 Å². The van der Waals surface area contributed by atoms with Crippen LogP contribution in [0.15, 0.2) is 0 Å². The van der Waals surface area contributed by atoms with Crippen LogP contribution in [0.3, 0.4) is 0 Å². The molecular formula is C17H29NO5. The first-order chi connectivity index (χ1) is 11.0. The van der Waals surface area contributed by atoms with Gasteiger partial charge in [-0.25, -0.2) is 4.79 Å². The molecule has 0 aromatic carbocycles. The van der Waals surface area contributed by atoms with Crippen molar-refractivity contribution < 1.29 is 23.8 Å². The summed E-state index contributed by atoms with van der Waals surface area (Å²) in [6.07, 6.45) is 2.96. The molecular weight excluding hydrogens is 298 g/mol. The summed E-state index contributed by atoms with van der Waals surface area (Å²) in [6, 6.07) is -0.0387. The number of hydrogen-bond donors (Lipinski definition) is 1. The van der Waals surface area contributed by atoms with E-state index in [-0.39, 0.29) is 11.9 Å². The summed E-state index contributed by atoms with van der Waals surface area (Å²) in [5.74, 6) is 0.503. The fourth-order valence-corrected chi connectivity index (χ4v) is 2.48. The molecule has 1 heterocycles. The summed E-state index contributed by atoms with van der Waals surface area (Å²) < 4.78 is 15.7. The molecule has 0 bridgehead atoms. The predicted octanol–water partition coefficient (Wildman–Crippen LogP) is 1.66. The molecule has 0 spiro atoms. The van der Waals surface area contributed by atoms with Gasteiger partial charge in [0.2, 0.25) is 0 Å². The zero-order valence-corrected chi connectivity index (χ0v) is 14.4. The molecule has 2 rings (SSSR count). The van der Waals surface area contributed by atoms with Crippen LogP contribution < -0.4 is 5.32 Å². The highest BCUT2D eigenvalue weighted by Gasteiger charge is 2.51. The first kappa shape index (κ1) is 18.2. The first-order valence-corrected chi connectivity index (χ1v) is 8.75. The van der Waals surface area contributed by atoms with Crippen LogP contribution in [-0.4, -0.2) is 49.9 Å². The third-order valence-corrected chi connectivity index (χ3v) is 4.37. The fourth-order valence-electron chi connectivity index (χ4n) is 2.48. The van der Waals surface area contributed by atoms with Crippen LogP contribution in [0.2, 0.25) is 0 Å². The van der Waals surface area contributed by atoms with Gasteiger partial charge in [0.25, 0.3) is 5.91 Å². The van der Waals surface area contributed by atoms with Crippen LogP contribution >= 0.6 is 0 Å². The zero-order valence-electron chi connectivity index (χ0n) is 14.4. The molecule has 1 N–H and O–H groups in total. The lowest BCUT2D eigenvalue weighted by Crippen LogP contribution is -2.42. The van der Waals surface area contributed by atoms with E-state index in [0.29, 0.717) is 25.0 Å². The second kappa shape index (κ2) is 8.64. The monoisotopic (exact) mass is 327 g/mol. The summed E-state index contributed by atoms with van der Waals surface area (Å²) in [6.45, 7) is 7.61. The van der Waals surface area contributed by atoms with E-state index in [1.165, 1.54) is 12.8 Å². The van der Waals surface area contributed by atoms with E-state index in [9.17, 15) is 9.59 Å². The van der Waals surface area contributed by atoms with Gasteiger partial charge in [0.1, 0.15) is 0 Å². The quantitative estimate of drug-likeness (QED) is 0.461. The molecule has 1 amide bonds. The van der Waals surface area contributed by atoms with Crippen molar-refractivity contribution in [2.24, 2.45) is 11.8 Å². The Balaban J connectivity index is 1.76. The van der Waals surface area contributed by atoms with Crippen LogP contribution in [0, 0.1) is 11.8 Å². The van der Waals surface area contributed by atoms with E-state index in [4.69, 9.17) is 14.2 Å². The first-order valence-electron chi connectivity index (χ1n) is 8.75. The van der Waals surface area contributed by atoms with E-state index in [0.717, 1.165) is 19.4 Å². The van der Waals surface area contributed by atoms with Gasteiger partial charge < -0.3 is 19.5 Å². The predicted molar refractivity (Wildman–Crippen MR) is 84.8 cm³/mol. The van der Waals surface area contributed by atoms with Gasteiger partial charge in [0.15, 0.2) is 12.2 Å². The average Bonchev–Trinajstić information content (AvgIpc) is 3.39. The van der Waals surface area contributed by atoms with Gasteiger partial charge in [-0.3, -0.25) is 4.79 Å². The van der Waals surface area contributed by atoms with Crippen molar-refractivity contribution in [3.8, 4) is 0 Å². The Hall–Kier alpha value is -1.14. The smallest absolute Gasteiger partial charge is 0.338 e. The van der Waals surface area contributed by atoms with Gasteiger partial charge in [-0.1, -0.05) is 20.3 Å². The van der Waals surface area contributed by atoms with E-state index < -0.39 is 18.2 Å². The second-order valence-corrected chi connectivity index (χ2v) is 6.66. The third kappa shape index (κ3) is 6.11. The standard InChI is InChI=1S/C17H29NO5/c1-4-11(3)8-13(10-21-9-12-6-7-12)18-16(19)14-15(23-14)17(20)22-5-2/h11-15H,4-10H2,1-3H3,(H,18,19)/t11?,13-,14-,15-/m0/s1. The maximum atomic E-state index is 12.2. The highest BCUT2D eigenvalue weighted by atomic mass is 16.6. The maximum absolute atomic E-state index is 12.2. The minimum atomic E-state index is -0.744. The van der Waals surface area contributed by atoms with Crippen LogP contribution in [0.1, 0.15) is 46.5 Å². The number of amides is 1. The normalized spacial score (nSPS) is 25.5. The van der Waals surface area contributed by atoms with E-state index in [1.54, 1.807) is 6.92 Å². The molecule has 0 radical (unpaired) electrons. The van der Waals surface area contributed by atoms with Crippen molar-refractivity contribution in [1.29, 1.82) is 0 Å². The van der Waals surface area contributed by atoms with E-state index in [2.05, 4.69) is 19.2 Å². The van der Waals surface area contributed by atoms with Crippen molar-refractivity contribution in [2.75, 3.05) is 19.8 Å². The second-order valence-electron chi connectivity index (χ2n) is 6.66. The lowest BCUT2D eigenvalue weighted by Gasteiger charge is -2.21. The van der Waals surface area contributed by atoms with Gasteiger partial charge in [-0.05, 0) is 38.0 Å². The molecule has 4 atom stereocenters. The van der Waals surface area contributed by atoms with E-state index >= 15 is 0 Å². The average molecular weight is 327 g/mol. The molecule has 1 aliphatic heterocycles. The number of carbonyl (C=O) groups is 2. The van der Waals surface area contributed by atoms with Crippen molar-refractivity contribution in [3.63, 3.8) is 0 Å². The minimum absolute atomic E-state index is 0.0387. The molecule has 2 fully saturated rings. The number of epoxide rings is 1. The van der Waals surface area contributed by atoms with Crippen LogP contribution in [0.25, 0.3) is 0 Å². The van der Waals surface area contributed by atoms with Crippen molar-refractivity contribution in [2.45, 2.75) is 64.7 Å². The molecule has 1 unspecified atom stereocenters. The summed E-state index contributed by atoms with van der Waals surface area (Å²) in [4.78, 5) is 23.7. The number of nitrogens with one attached hydrogen (secondary N) is 1. The Morgan fingerprint density at radius 1 is 1.26 bits per heavy atom. The Morgan fingerprint density at radius 3 is 2.61 bits per heavy atom. The minimum Gasteiger partial charge on any atom is -0.464 e. The molecule has 0 aromatic rings. The SMILES string of the molecule is CCOC(=O)[C@H]1O[C@@H]1C(=O)N[C@H](COCC1CC1)CC(C)CC. The van der Waals surface area contributed by atoms with E-state index in [1.807, 2.05) is 0 Å². The molecule has 1 saturated heterocycles. The third-order valence-electron chi connectivity index (χ3n) is 4.37. The summed E-state index contributed by atoms with van der Waals surface area (Å²) >= 11 is 0. The largest absolute Gasteiger partial charge is 0.464 e. The summed E-state index contributed by atoms with van der Waals surface area (Å²) in [7, 11) is 0. The molecule has 0 aromatic heterocycles. The molecule has 1 aliphatic carbocycles. The Labute approximate surface area is 138 Å². The Bertz CT molecular complexity index is 410. The lowest BCUT2D eigenvalue weighted by molar-refractivity contribution is -0.144. The van der Waals surface area contributed by atoms with Gasteiger partial charge in [0.05, 0.1) is 19.3 Å². The van der Waals surface area contributed by atoms with Crippen molar-refractivity contribution in [1.82, 2.24) is 5.32 Å². The molecule has 6 nitrogen and oxygen atoms in total. The molecule has 6 heteroatoms. The molecule has 132 valence electrons. The van der Waals surface area contributed by atoms with Gasteiger partial charge >= 0.3 is 5.97 Å². The van der Waals surface area contributed by atoms with Gasteiger partial charge in [-0.15, -0.1) is 0 Å². The molecule has 23 heavy (non-hydrogen) atoms. The number of rotatable bonds is 11. The van der Waals surface area contributed by atoms with Crippen molar-refractivity contribution in [3.05, 3.63) is 0 Å². The maximum Gasteiger partial charge on any atom is 0.338 e. The highest BCUT2D eigenvalue weighted by molar-refractivity contribution is 5.92. The molecule has 2 aliphatic rings. The topological polar surface area (TPSA) is 77.2 Å². The summed E-state index contributed by atoms with van der Waals surface area (Å²) in [5.41, 5.74) is 0. The molecule has 1 saturated carbocycles. The summed E-state index contributed by atoms with van der Waals surface area (Å²) in [5, 5.41) is 2.97.